The second-order valence-electron chi connectivity index (χ2n) is 10.1. The first-order valence-corrected chi connectivity index (χ1v) is 13.2. The van der Waals surface area contributed by atoms with Crippen LogP contribution in [0.2, 0.25) is 0 Å². The molecule has 0 radical (unpaired) electrons. The molecule has 0 aliphatic rings. The van der Waals surface area contributed by atoms with Gasteiger partial charge in [0.15, 0.2) is 11.0 Å². The lowest BCUT2D eigenvalue weighted by atomic mass is 9.99. The molecule has 0 unspecified atom stereocenters. The number of para-hydroxylation sites is 2. The summed E-state index contributed by atoms with van der Waals surface area (Å²) in [6, 6.07) is 30.6. The molecule has 0 fully saturated rings. The Hall–Kier alpha value is -4.18. The highest BCUT2D eigenvalue weighted by Crippen LogP contribution is 2.29. The molecule has 0 saturated heterocycles. The highest BCUT2D eigenvalue weighted by Gasteiger charge is 2.20. The number of H-pyrrole nitrogens is 1. The molecule has 4 heteroatoms. The Labute approximate surface area is 218 Å². The molecule has 0 saturated carbocycles. The van der Waals surface area contributed by atoms with Gasteiger partial charge in [0.25, 0.3) is 5.82 Å². The van der Waals surface area contributed by atoms with Gasteiger partial charge in [-0.1, -0.05) is 67.6 Å². The molecule has 0 amide bonds. The zero-order valence-corrected chi connectivity index (χ0v) is 22.0. The van der Waals surface area contributed by atoms with E-state index >= 15 is 0 Å². The fraction of sp³-hybridized carbons (Fsp3) is 0.212. The van der Waals surface area contributed by atoms with Crippen LogP contribution in [-0.4, -0.2) is 14.5 Å². The highest BCUT2D eigenvalue weighted by molar-refractivity contribution is 5.85. The van der Waals surface area contributed by atoms with E-state index in [1.807, 2.05) is 0 Å². The van der Waals surface area contributed by atoms with Crippen LogP contribution < -0.4 is 4.57 Å². The first kappa shape index (κ1) is 23.2. The molecule has 0 aliphatic heterocycles. The van der Waals surface area contributed by atoms with Gasteiger partial charge in [0, 0.05) is 13.0 Å². The summed E-state index contributed by atoms with van der Waals surface area (Å²) >= 11 is 0. The van der Waals surface area contributed by atoms with Crippen molar-refractivity contribution in [3.05, 3.63) is 107 Å². The minimum atomic E-state index is 0.807. The molecule has 4 nitrogen and oxygen atoms in total. The van der Waals surface area contributed by atoms with Crippen molar-refractivity contribution < 1.29 is 4.57 Å². The maximum atomic E-state index is 5.12. The summed E-state index contributed by atoms with van der Waals surface area (Å²) in [5.41, 5.74) is 12.2. The van der Waals surface area contributed by atoms with Gasteiger partial charge in [0.1, 0.15) is 5.82 Å². The fourth-order valence-corrected chi connectivity index (χ4v) is 5.51. The number of fused-ring (bicyclic) bond motifs is 2. The first-order valence-electron chi connectivity index (χ1n) is 13.2. The smallest absolute Gasteiger partial charge is 0.287 e. The molecule has 1 N–H and O–H groups in total. The van der Waals surface area contributed by atoms with Crippen LogP contribution in [0.25, 0.3) is 44.6 Å². The summed E-state index contributed by atoms with van der Waals surface area (Å²) in [6.07, 6.45) is 2.03. The van der Waals surface area contributed by atoms with Crippen molar-refractivity contribution >= 4 is 22.1 Å². The van der Waals surface area contributed by atoms with E-state index in [0.717, 1.165) is 42.1 Å². The minimum absolute atomic E-state index is 0.807. The molecule has 6 aromatic rings. The molecule has 2 aromatic heterocycles. The van der Waals surface area contributed by atoms with E-state index in [-0.39, 0.29) is 0 Å². The van der Waals surface area contributed by atoms with Gasteiger partial charge in [0.05, 0.1) is 23.6 Å². The zero-order valence-electron chi connectivity index (χ0n) is 22.0. The Morgan fingerprint density at radius 2 is 1.59 bits per heavy atom. The normalized spacial score (nSPS) is 11.6. The zero-order chi connectivity index (χ0) is 25.5. The SMILES string of the molecule is CCCc1nc2c(C)cc(-c3[nH]c4ccccc4[n+]3C)cc2n1Cc1ccc(-c2ccccc2C)cc1. The summed E-state index contributed by atoms with van der Waals surface area (Å²) in [4.78, 5) is 8.75. The predicted octanol–water partition coefficient (Wildman–Crippen LogP) is 7.29. The maximum absolute atomic E-state index is 5.12. The fourth-order valence-electron chi connectivity index (χ4n) is 5.51. The number of imidazole rings is 2. The topological polar surface area (TPSA) is 37.5 Å². The van der Waals surface area contributed by atoms with Crippen LogP contribution in [0.3, 0.4) is 0 Å². The van der Waals surface area contributed by atoms with Crippen LogP contribution in [0.4, 0.5) is 0 Å². The molecule has 6 rings (SSSR count). The highest BCUT2D eigenvalue weighted by atomic mass is 15.1. The number of aryl methyl sites for hydroxylation is 4. The average molecular weight is 486 g/mol. The summed E-state index contributed by atoms with van der Waals surface area (Å²) < 4.78 is 4.66. The number of nitrogens with one attached hydrogen (secondary N) is 1. The van der Waals surface area contributed by atoms with Gasteiger partial charge in [-0.15, -0.1) is 0 Å². The van der Waals surface area contributed by atoms with E-state index in [0.29, 0.717) is 0 Å². The van der Waals surface area contributed by atoms with Crippen molar-refractivity contribution in [1.82, 2.24) is 14.5 Å². The van der Waals surface area contributed by atoms with Gasteiger partial charge in [-0.2, -0.15) is 0 Å². The monoisotopic (exact) mass is 485 g/mol. The van der Waals surface area contributed by atoms with E-state index in [4.69, 9.17) is 4.98 Å². The van der Waals surface area contributed by atoms with Crippen molar-refractivity contribution in [2.45, 2.75) is 40.2 Å². The molecule has 184 valence electrons. The summed E-state index contributed by atoms with van der Waals surface area (Å²) in [5, 5.41) is 0. The molecule has 37 heavy (non-hydrogen) atoms. The van der Waals surface area contributed by atoms with Crippen LogP contribution >= 0.6 is 0 Å². The van der Waals surface area contributed by atoms with Crippen LogP contribution in [0.5, 0.6) is 0 Å². The van der Waals surface area contributed by atoms with Crippen molar-refractivity contribution in [3.8, 4) is 22.5 Å². The van der Waals surface area contributed by atoms with Gasteiger partial charge >= 0.3 is 0 Å². The Morgan fingerprint density at radius 3 is 2.35 bits per heavy atom. The largest absolute Gasteiger partial charge is 0.323 e. The Balaban J connectivity index is 1.44. The molecular weight excluding hydrogens is 452 g/mol. The molecule has 0 aliphatic carbocycles. The number of benzene rings is 4. The Bertz CT molecular complexity index is 1730. The van der Waals surface area contributed by atoms with Gasteiger partial charge in [-0.25, -0.2) is 14.5 Å². The second-order valence-corrected chi connectivity index (χ2v) is 10.1. The third-order valence-electron chi connectivity index (χ3n) is 7.48. The number of nitrogens with zero attached hydrogens (tertiary/aromatic N) is 3. The lowest BCUT2D eigenvalue weighted by Crippen LogP contribution is -2.29. The molecule has 0 spiro atoms. The number of hydrogen-bond donors (Lipinski definition) is 1. The van der Waals surface area contributed by atoms with Crippen LogP contribution in [0.15, 0.2) is 84.9 Å². The van der Waals surface area contributed by atoms with E-state index in [1.165, 1.54) is 44.4 Å². The molecule has 0 atom stereocenters. The second kappa shape index (κ2) is 9.36. The standard InChI is InChI=1S/C33H32N4/c1-5-10-31-35-32-23(3)19-26(33-34-28-13-8-9-14-29(28)36(33)4)20-30(32)37(31)21-24-15-17-25(18-16-24)27-12-7-6-11-22(27)2/h6-9,11-20H,5,10,21H2,1-4H3/p+1. The van der Waals surface area contributed by atoms with Crippen LogP contribution in [-0.2, 0) is 20.0 Å². The lowest BCUT2D eigenvalue weighted by molar-refractivity contribution is -0.633. The summed E-state index contributed by atoms with van der Waals surface area (Å²) in [6.45, 7) is 7.38. The van der Waals surface area contributed by atoms with Crippen molar-refractivity contribution in [3.63, 3.8) is 0 Å². The van der Waals surface area contributed by atoms with Crippen molar-refractivity contribution in [2.24, 2.45) is 7.05 Å². The molecular formula is C33H33N4+. The Kier molecular flexibility index (Phi) is 5.88. The molecule has 0 bridgehead atoms. The van der Waals surface area contributed by atoms with Gasteiger partial charge in [0.2, 0.25) is 0 Å². The third kappa shape index (κ3) is 4.13. The quantitative estimate of drug-likeness (QED) is 0.247. The van der Waals surface area contributed by atoms with E-state index in [1.54, 1.807) is 0 Å². The number of aromatic nitrogens is 4. The van der Waals surface area contributed by atoms with Crippen molar-refractivity contribution in [1.29, 1.82) is 0 Å². The summed E-state index contributed by atoms with van der Waals surface area (Å²) in [7, 11) is 2.13. The van der Waals surface area contributed by atoms with E-state index < -0.39 is 0 Å². The molecule has 2 heterocycles. The third-order valence-corrected chi connectivity index (χ3v) is 7.48. The minimum Gasteiger partial charge on any atom is -0.323 e. The van der Waals surface area contributed by atoms with Crippen LogP contribution in [0, 0.1) is 13.8 Å². The maximum Gasteiger partial charge on any atom is 0.287 e. The number of rotatable bonds is 6. The lowest BCUT2D eigenvalue weighted by Gasteiger charge is -2.11. The first-order chi connectivity index (χ1) is 18.0. The Morgan fingerprint density at radius 1 is 0.838 bits per heavy atom. The summed E-state index contributed by atoms with van der Waals surface area (Å²) in [5.74, 6) is 2.26. The van der Waals surface area contributed by atoms with Crippen molar-refractivity contribution in [2.75, 3.05) is 0 Å². The van der Waals surface area contributed by atoms with Gasteiger partial charge < -0.3 is 4.57 Å². The van der Waals surface area contributed by atoms with E-state index in [2.05, 4.69) is 127 Å². The van der Waals surface area contributed by atoms with Gasteiger partial charge in [-0.05, 0) is 72.4 Å². The molecule has 4 aromatic carbocycles. The van der Waals surface area contributed by atoms with E-state index in [9.17, 15) is 0 Å². The predicted molar refractivity (Wildman–Crippen MR) is 153 cm³/mol. The average Bonchev–Trinajstić information content (AvgIpc) is 3.43. The van der Waals surface area contributed by atoms with Crippen LogP contribution in [0.1, 0.15) is 35.9 Å². The number of hydrogen-bond acceptors (Lipinski definition) is 1. The van der Waals surface area contributed by atoms with Gasteiger partial charge in [-0.3, -0.25) is 0 Å². The number of aromatic amines is 1.